The number of benzene rings is 3. The summed E-state index contributed by atoms with van der Waals surface area (Å²) in [6, 6.07) is 24.6. The van der Waals surface area contributed by atoms with E-state index in [4.69, 9.17) is 4.98 Å². The van der Waals surface area contributed by atoms with Gasteiger partial charge in [-0.2, -0.15) is 0 Å². The Morgan fingerprint density at radius 2 is 1.66 bits per heavy atom. The lowest BCUT2D eigenvalue weighted by molar-refractivity contribution is -0.128. The summed E-state index contributed by atoms with van der Waals surface area (Å²) in [5.74, 6) is 0.449. The maximum atomic E-state index is 13.8. The van der Waals surface area contributed by atoms with Crippen LogP contribution in [0.1, 0.15) is 50.2 Å². The van der Waals surface area contributed by atoms with Gasteiger partial charge in [-0.3, -0.25) is 14.2 Å². The van der Waals surface area contributed by atoms with Crippen molar-refractivity contribution in [3.8, 4) is 5.69 Å². The summed E-state index contributed by atoms with van der Waals surface area (Å²) in [4.78, 5) is 33.9. The summed E-state index contributed by atoms with van der Waals surface area (Å²) in [5, 5.41) is 0.562. The van der Waals surface area contributed by atoms with Gasteiger partial charge >= 0.3 is 0 Å². The molecule has 4 rings (SSSR count). The van der Waals surface area contributed by atoms with E-state index in [1.54, 1.807) is 15.5 Å². The zero-order chi connectivity index (χ0) is 24.8. The molecular weight excluding hydrogens is 434 g/mol. The Bertz CT molecular complexity index is 1410. The van der Waals surface area contributed by atoms with Crippen LogP contribution in [0.4, 0.5) is 0 Å². The number of nitrogens with zero attached hydrogens (tertiary/aromatic N) is 3. The molecule has 5 nitrogen and oxygen atoms in total. The van der Waals surface area contributed by atoms with E-state index in [9.17, 15) is 9.59 Å². The van der Waals surface area contributed by atoms with Crippen molar-refractivity contribution >= 4 is 22.9 Å². The van der Waals surface area contributed by atoms with Gasteiger partial charge < -0.3 is 4.90 Å². The number of fused-ring (bicyclic) bond motifs is 1. The van der Waals surface area contributed by atoms with E-state index < -0.39 is 6.04 Å². The van der Waals surface area contributed by atoms with Gasteiger partial charge in [0.25, 0.3) is 5.56 Å². The first-order chi connectivity index (χ1) is 17.0. The third kappa shape index (κ3) is 5.09. The van der Waals surface area contributed by atoms with E-state index >= 15 is 0 Å². The van der Waals surface area contributed by atoms with Crippen LogP contribution >= 0.6 is 0 Å². The highest BCUT2D eigenvalue weighted by molar-refractivity contribution is 5.92. The predicted molar refractivity (Wildman–Crippen MR) is 143 cm³/mol. The molecule has 5 heteroatoms. The molecule has 0 N–H and O–H groups in total. The summed E-state index contributed by atoms with van der Waals surface area (Å²) in [6.45, 7) is 6.62. The van der Waals surface area contributed by atoms with Crippen LogP contribution in [0.25, 0.3) is 22.7 Å². The molecule has 0 aliphatic heterocycles. The SMILES string of the molecule is CCCN(C(=O)C=Cc1ccccc1)C(C)c1nc2ccccc2c(=O)n1-c1ccccc1CC. The van der Waals surface area contributed by atoms with Crippen molar-refractivity contribution in [2.45, 2.75) is 39.7 Å². The Balaban J connectivity index is 1.85. The number of rotatable bonds is 8. The van der Waals surface area contributed by atoms with Crippen molar-refractivity contribution < 1.29 is 4.79 Å². The van der Waals surface area contributed by atoms with E-state index in [-0.39, 0.29) is 11.5 Å². The van der Waals surface area contributed by atoms with Crippen LogP contribution in [0.3, 0.4) is 0 Å². The zero-order valence-electron chi connectivity index (χ0n) is 20.5. The summed E-state index contributed by atoms with van der Waals surface area (Å²) in [5.41, 5.74) is 3.33. The average Bonchev–Trinajstić information content (AvgIpc) is 2.90. The van der Waals surface area contributed by atoms with E-state index in [2.05, 4.69) is 6.92 Å². The Labute approximate surface area is 206 Å². The van der Waals surface area contributed by atoms with E-state index in [0.717, 1.165) is 29.7 Å². The molecule has 0 saturated heterocycles. The summed E-state index contributed by atoms with van der Waals surface area (Å²) >= 11 is 0. The summed E-state index contributed by atoms with van der Waals surface area (Å²) in [6.07, 6.45) is 5.00. The Morgan fingerprint density at radius 3 is 2.40 bits per heavy atom. The van der Waals surface area contributed by atoms with Gasteiger partial charge in [0.1, 0.15) is 5.82 Å². The number of aromatic nitrogens is 2. The number of aryl methyl sites for hydroxylation is 1. The Kier molecular flexibility index (Phi) is 7.56. The molecule has 1 amide bonds. The fourth-order valence-corrected chi connectivity index (χ4v) is 4.39. The van der Waals surface area contributed by atoms with E-state index in [1.165, 1.54) is 0 Å². The van der Waals surface area contributed by atoms with Gasteiger partial charge in [-0.05, 0) is 55.2 Å². The van der Waals surface area contributed by atoms with Gasteiger partial charge in [0, 0.05) is 12.6 Å². The second-order valence-electron chi connectivity index (χ2n) is 8.56. The van der Waals surface area contributed by atoms with Gasteiger partial charge in [-0.1, -0.05) is 74.5 Å². The van der Waals surface area contributed by atoms with Crippen LogP contribution in [-0.2, 0) is 11.2 Å². The highest BCUT2D eigenvalue weighted by atomic mass is 16.2. The Hall–Kier alpha value is -3.99. The molecule has 0 bridgehead atoms. The number of amides is 1. The number of hydrogen-bond donors (Lipinski definition) is 0. The first-order valence-corrected chi connectivity index (χ1v) is 12.2. The lowest BCUT2D eigenvalue weighted by Crippen LogP contribution is -2.37. The molecule has 35 heavy (non-hydrogen) atoms. The molecule has 1 atom stereocenters. The van der Waals surface area contributed by atoms with Crippen LogP contribution in [0.15, 0.2) is 89.7 Å². The fourth-order valence-electron chi connectivity index (χ4n) is 4.39. The summed E-state index contributed by atoms with van der Waals surface area (Å²) in [7, 11) is 0. The van der Waals surface area contributed by atoms with Crippen LogP contribution in [0, 0.1) is 0 Å². The zero-order valence-corrected chi connectivity index (χ0v) is 20.5. The maximum Gasteiger partial charge on any atom is 0.266 e. The highest BCUT2D eigenvalue weighted by Gasteiger charge is 2.26. The largest absolute Gasteiger partial charge is 0.329 e. The smallest absolute Gasteiger partial charge is 0.266 e. The van der Waals surface area contributed by atoms with Crippen molar-refractivity contribution in [2.75, 3.05) is 6.54 Å². The summed E-state index contributed by atoms with van der Waals surface area (Å²) < 4.78 is 1.70. The molecule has 1 heterocycles. The van der Waals surface area contributed by atoms with Crippen LogP contribution in [0.5, 0.6) is 0 Å². The van der Waals surface area contributed by atoms with Crippen molar-refractivity contribution in [3.63, 3.8) is 0 Å². The minimum absolute atomic E-state index is 0.110. The molecular formula is C30H31N3O2. The molecule has 0 aliphatic rings. The monoisotopic (exact) mass is 465 g/mol. The van der Waals surface area contributed by atoms with Gasteiger partial charge in [-0.15, -0.1) is 0 Å². The van der Waals surface area contributed by atoms with E-state index in [1.807, 2.05) is 98.8 Å². The number of hydrogen-bond acceptors (Lipinski definition) is 3. The van der Waals surface area contributed by atoms with Crippen LogP contribution < -0.4 is 5.56 Å². The van der Waals surface area contributed by atoms with Crippen molar-refractivity contribution in [1.29, 1.82) is 0 Å². The number of carbonyl (C=O) groups is 1. The predicted octanol–water partition coefficient (Wildman–Crippen LogP) is 5.96. The minimum Gasteiger partial charge on any atom is -0.329 e. The van der Waals surface area contributed by atoms with E-state index in [0.29, 0.717) is 23.3 Å². The first kappa shape index (κ1) is 24.1. The molecule has 0 aliphatic carbocycles. The van der Waals surface area contributed by atoms with Crippen LogP contribution in [0.2, 0.25) is 0 Å². The van der Waals surface area contributed by atoms with Crippen molar-refractivity contribution in [1.82, 2.24) is 14.5 Å². The quantitative estimate of drug-likeness (QED) is 0.302. The second kappa shape index (κ2) is 11.0. The lowest BCUT2D eigenvalue weighted by atomic mass is 10.1. The maximum absolute atomic E-state index is 13.8. The molecule has 0 radical (unpaired) electrons. The van der Waals surface area contributed by atoms with Gasteiger partial charge in [0.05, 0.1) is 22.6 Å². The van der Waals surface area contributed by atoms with Crippen LogP contribution in [-0.4, -0.2) is 26.9 Å². The van der Waals surface area contributed by atoms with Gasteiger partial charge in [0.15, 0.2) is 0 Å². The molecule has 1 aromatic heterocycles. The second-order valence-corrected chi connectivity index (χ2v) is 8.56. The fraction of sp³-hybridized carbons (Fsp3) is 0.233. The van der Waals surface area contributed by atoms with Crippen molar-refractivity contribution in [3.05, 3.63) is 112 Å². The molecule has 1 unspecified atom stereocenters. The molecule has 0 saturated carbocycles. The first-order valence-electron chi connectivity index (χ1n) is 12.2. The normalized spacial score (nSPS) is 12.2. The Morgan fingerprint density at radius 1 is 0.971 bits per heavy atom. The number of carbonyl (C=O) groups excluding carboxylic acids is 1. The number of para-hydroxylation sites is 2. The van der Waals surface area contributed by atoms with Crippen molar-refractivity contribution in [2.24, 2.45) is 0 Å². The highest BCUT2D eigenvalue weighted by Crippen LogP contribution is 2.25. The topological polar surface area (TPSA) is 55.2 Å². The third-order valence-corrected chi connectivity index (χ3v) is 6.22. The molecule has 0 fully saturated rings. The minimum atomic E-state index is -0.412. The molecule has 0 spiro atoms. The third-order valence-electron chi connectivity index (χ3n) is 6.22. The molecule has 3 aromatic carbocycles. The van der Waals surface area contributed by atoms with Gasteiger partial charge in [-0.25, -0.2) is 4.98 Å². The van der Waals surface area contributed by atoms with Gasteiger partial charge in [0.2, 0.25) is 5.91 Å². The molecule has 4 aromatic rings. The average molecular weight is 466 g/mol. The lowest BCUT2D eigenvalue weighted by Gasteiger charge is -2.30. The molecule has 178 valence electrons. The standard InChI is InChI=1S/C30H31N3O2/c1-4-21-32(28(34)20-19-23-13-7-6-8-14-23)22(3)29-31-26-17-11-10-16-25(26)30(35)33(29)27-18-12-9-15-24(27)5-2/h6-20,22H,4-5,21H2,1-3H3.